The van der Waals surface area contributed by atoms with Gasteiger partial charge in [0, 0.05) is 28.2 Å². The summed E-state index contributed by atoms with van der Waals surface area (Å²) in [5, 5.41) is 11.4. The summed E-state index contributed by atoms with van der Waals surface area (Å²) in [5.74, 6) is -0.801. The quantitative estimate of drug-likeness (QED) is 0.808. The molecule has 0 unspecified atom stereocenters. The molecule has 0 aliphatic rings. The molecule has 0 amide bonds. The van der Waals surface area contributed by atoms with Crippen molar-refractivity contribution in [2.45, 2.75) is 13.0 Å². The third kappa shape index (κ3) is 4.72. The zero-order chi connectivity index (χ0) is 11.3. The fraction of sp³-hybridized carbons (Fsp3) is 0.333. The molecule has 0 spiro atoms. The molecule has 4 nitrogen and oxygen atoms in total. The lowest BCUT2D eigenvalue weighted by Gasteiger charge is -2.04. The molecule has 6 heteroatoms. The van der Waals surface area contributed by atoms with Gasteiger partial charge >= 0.3 is 5.97 Å². The van der Waals surface area contributed by atoms with Crippen LogP contribution in [-0.2, 0) is 11.3 Å². The van der Waals surface area contributed by atoms with Gasteiger partial charge in [0.1, 0.15) is 0 Å². The third-order valence-corrected chi connectivity index (χ3v) is 2.81. The second kappa shape index (κ2) is 6.19. The van der Waals surface area contributed by atoms with Crippen molar-refractivity contribution in [3.63, 3.8) is 0 Å². The maximum absolute atomic E-state index is 10.3. The number of carboxylic acid groups (broad SMARTS) is 1. The molecule has 82 valence electrons. The first-order chi connectivity index (χ1) is 7.09. The molecule has 0 aliphatic heterocycles. The molecular weight excluding hydrogens is 328 g/mol. The third-order valence-electron chi connectivity index (χ3n) is 1.69. The summed E-state index contributed by atoms with van der Waals surface area (Å²) in [6.45, 7) is 1.00. The van der Waals surface area contributed by atoms with Crippen molar-refractivity contribution in [1.82, 2.24) is 10.3 Å². The van der Waals surface area contributed by atoms with E-state index in [9.17, 15) is 4.79 Å². The summed E-state index contributed by atoms with van der Waals surface area (Å²) >= 11 is 6.69. The number of pyridine rings is 1. The highest BCUT2D eigenvalue weighted by Gasteiger charge is 2.02. The average Bonchev–Trinajstić information content (AvgIpc) is 2.14. The monoisotopic (exact) mass is 336 g/mol. The lowest BCUT2D eigenvalue weighted by molar-refractivity contribution is -0.136. The number of aliphatic carboxylic acids is 1. The summed E-state index contributed by atoms with van der Waals surface area (Å²) < 4.78 is 1.81. The van der Waals surface area contributed by atoms with Gasteiger partial charge in [-0.05, 0) is 37.9 Å². The molecule has 0 fully saturated rings. The van der Waals surface area contributed by atoms with Crippen LogP contribution in [0, 0.1) is 0 Å². The van der Waals surface area contributed by atoms with Crippen molar-refractivity contribution < 1.29 is 9.90 Å². The number of rotatable bonds is 5. The van der Waals surface area contributed by atoms with Gasteiger partial charge in [0.05, 0.1) is 12.1 Å². The van der Waals surface area contributed by atoms with Crippen molar-refractivity contribution in [1.29, 1.82) is 0 Å². The second-order valence-electron chi connectivity index (χ2n) is 2.90. The standard InChI is InChI=1S/C9H10Br2N2O2/c10-6-3-7(11)8(13-4-6)5-12-2-1-9(14)15/h3-4,12H,1-2,5H2,(H,14,15). The molecule has 0 radical (unpaired) electrons. The summed E-state index contributed by atoms with van der Waals surface area (Å²) in [5.41, 5.74) is 0.864. The van der Waals surface area contributed by atoms with E-state index in [-0.39, 0.29) is 6.42 Å². The number of hydrogen-bond donors (Lipinski definition) is 2. The first kappa shape index (κ1) is 12.6. The number of nitrogens with zero attached hydrogens (tertiary/aromatic N) is 1. The highest BCUT2D eigenvalue weighted by atomic mass is 79.9. The van der Waals surface area contributed by atoms with Gasteiger partial charge in [-0.15, -0.1) is 0 Å². The molecule has 0 aromatic carbocycles. The van der Waals surface area contributed by atoms with Crippen LogP contribution in [0.3, 0.4) is 0 Å². The number of halogens is 2. The van der Waals surface area contributed by atoms with Crippen LogP contribution in [0.1, 0.15) is 12.1 Å². The van der Waals surface area contributed by atoms with Gasteiger partial charge in [-0.2, -0.15) is 0 Å². The van der Waals surface area contributed by atoms with E-state index < -0.39 is 5.97 Å². The van der Waals surface area contributed by atoms with Crippen LogP contribution in [0.4, 0.5) is 0 Å². The molecule has 1 rings (SSSR count). The van der Waals surface area contributed by atoms with Gasteiger partial charge < -0.3 is 10.4 Å². The highest BCUT2D eigenvalue weighted by Crippen LogP contribution is 2.19. The molecule has 2 N–H and O–H groups in total. The van der Waals surface area contributed by atoms with E-state index in [0.29, 0.717) is 13.1 Å². The fourth-order valence-corrected chi connectivity index (χ4v) is 2.10. The minimum atomic E-state index is -0.801. The van der Waals surface area contributed by atoms with Crippen molar-refractivity contribution in [3.05, 3.63) is 26.9 Å². The van der Waals surface area contributed by atoms with Crippen molar-refractivity contribution in [3.8, 4) is 0 Å². The largest absolute Gasteiger partial charge is 0.481 e. The number of aromatic nitrogens is 1. The van der Waals surface area contributed by atoms with E-state index in [1.54, 1.807) is 6.20 Å². The van der Waals surface area contributed by atoms with Gasteiger partial charge in [-0.1, -0.05) is 0 Å². The average molecular weight is 338 g/mol. The van der Waals surface area contributed by atoms with E-state index >= 15 is 0 Å². The first-order valence-electron chi connectivity index (χ1n) is 4.32. The minimum absolute atomic E-state index is 0.119. The molecular formula is C9H10Br2N2O2. The lowest BCUT2D eigenvalue weighted by Crippen LogP contribution is -2.18. The van der Waals surface area contributed by atoms with E-state index in [4.69, 9.17) is 5.11 Å². The molecule has 0 bridgehead atoms. The maximum Gasteiger partial charge on any atom is 0.304 e. The Hall–Kier alpha value is -0.460. The number of nitrogens with one attached hydrogen (secondary N) is 1. The molecule has 0 saturated heterocycles. The molecule has 15 heavy (non-hydrogen) atoms. The van der Waals surface area contributed by atoms with Crippen LogP contribution in [0.25, 0.3) is 0 Å². The maximum atomic E-state index is 10.3. The minimum Gasteiger partial charge on any atom is -0.481 e. The Bertz CT molecular complexity index is 358. The van der Waals surface area contributed by atoms with E-state index in [0.717, 1.165) is 14.6 Å². The Morgan fingerprint density at radius 3 is 2.87 bits per heavy atom. The number of carbonyl (C=O) groups is 1. The van der Waals surface area contributed by atoms with Gasteiger partial charge in [-0.25, -0.2) is 0 Å². The molecule has 0 atom stereocenters. The van der Waals surface area contributed by atoms with Crippen LogP contribution in [0.2, 0.25) is 0 Å². The van der Waals surface area contributed by atoms with Crippen LogP contribution >= 0.6 is 31.9 Å². The molecule has 0 saturated carbocycles. The molecule has 1 aromatic rings. The van der Waals surface area contributed by atoms with Gasteiger partial charge in [0.15, 0.2) is 0 Å². The van der Waals surface area contributed by atoms with E-state index in [1.807, 2.05) is 6.07 Å². The Balaban J connectivity index is 2.40. The smallest absolute Gasteiger partial charge is 0.304 e. The molecule has 1 aromatic heterocycles. The summed E-state index contributed by atoms with van der Waals surface area (Å²) in [4.78, 5) is 14.4. The molecule has 1 heterocycles. The summed E-state index contributed by atoms with van der Waals surface area (Å²) in [6.07, 6.45) is 1.83. The zero-order valence-corrected chi connectivity index (χ0v) is 11.0. The number of carboxylic acids is 1. The Morgan fingerprint density at radius 2 is 2.27 bits per heavy atom. The topological polar surface area (TPSA) is 62.2 Å². The van der Waals surface area contributed by atoms with E-state index in [2.05, 4.69) is 42.2 Å². The first-order valence-corrected chi connectivity index (χ1v) is 5.90. The van der Waals surface area contributed by atoms with Gasteiger partial charge in [0.2, 0.25) is 0 Å². The normalized spacial score (nSPS) is 10.3. The van der Waals surface area contributed by atoms with Crippen LogP contribution in [-0.4, -0.2) is 22.6 Å². The van der Waals surface area contributed by atoms with E-state index in [1.165, 1.54) is 0 Å². The number of hydrogen-bond acceptors (Lipinski definition) is 3. The van der Waals surface area contributed by atoms with Gasteiger partial charge in [-0.3, -0.25) is 9.78 Å². The predicted molar refractivity (Wildman–Crippen MR) is 63.6 cm³/mol. The fourth-order valence-electron chi connectivity index (χ4n) is 0.975. The Kier molecular flexibility index (Phi) is 5.21. The highest BCUT2D eigenvalue weighted by molar-refractivity contribution is 9.11. The Labute approximate surface area is 104 Å². The SMILES string of the molecule is O=C(O)CCNCc1ncc(Br)cc1Br. The van der Waals surface area contributed by atoms with Crippen LogP contribution < -0.4 is 5.32 Å². The van der Waals surface area contributed by atoms with Crippen molar-refractivity contribution in [2.75, 3.05) is 6.54 Å². The van der Waals surface area contributed by atoms with Crippen LogP contribution in [0.15, 0.2) is 21.2 Å². The zero-order valence-electron chi connectivity index (χ0n) is 7.83. The second-order valence-corrected chi connectivity index (χ2v) is 4.67. The predicted octanol–water partition coefficient (Wildman–Crippen LogP) is 2.17. The van der Waals surface area contributed by atoms with Gasteiger partial charge in [0.25, 0.3) is 0 Å². The lowest BCUT2D eigenvalue weighted by atomic mass is 10.3. The Morgan fingerprint density at radius 1 is 1.53 bits per heavy atom. The van der Waals surface area contributed by atoms with Crippen molar-refractivity contribution in [2.24, 2.45) is 0 Å². The van der Waals surface area contributed by atoms with Crippen molar-refractivity contribution >= 4 is 37.8 Å². The summed E-state index contributed by atoms with van der Waals surface area (Å²) in [7, 11) is 0. The summed E-state index contributed by atoms with van der Waals surface area (Å²) in [6, 6.07) is 1.90. The molecule has 0 aliphatic carbocycles. The van der Waals surface area contributed by atoms with Crippen LogP contribution in [0.5, 0.6) is 0 Å².